The van der Waals surface area contributed by atoms with Gasteiger partial charge in [-0.25, -0.2) is 4.79 Å². The molecular formula is C16H24N4O4. The molecule has 1 aromatic heterocycles. The largest absolute Gasteiger partial charge is 0.444 e. The van der Waals surface area contributed by atoms with Crippen molar-refractivity contribution in [2.75, 3.05) is 24.5 Å². The molecule has 0 spiro atoms. The topological polar surface area (TPSA) is 88.8 Å². The van der Waals surface area contributed by atoms with Gasteiger partial charge < -0.3 is 24.7 Å². The van der Waals surface area contributed by atoms with Crippen LogP contribution in [-0.4, -0.2) is 52.2 Å². The molecule has 2 rings (SSSR count). The zero-order valence-corrected chi connectivity index (χ0v) is 14.6. The number of aromatic nitrogens is 1. The smallest absolute Gasteiger partial charge is 0.410 e. The quantitative estimate of drug-likeness (QED) is 0.623. The third-order valence-electron chi connectivity index (χ3n) is 3.86. The number of anilines is 1. The van der Waals surface area contributed by atoms with E-state index in [1.807, 2.05) is 20.8 Å². The minimum Gasteiger partial charge on any atom is -0.444 e. The van der Waals surface area contributed by atoms with E-state index in [4.69, 9.17) is 4.74 Å². The van der Waals surface area contributed by atoms with Gasteiger partial charge in [0.25, 0.3) is 0 Å². The van der Waals surface area contributed by atoms with Crippen molar-refractivity contribution in [2.45, 2.75) is 45.8 Å². The summed E-state index contributed by atoms with van der Waals surface area (Å²) < 4.78 is 5.43. The molecule has 8 nitrogen and oxygen atoms in total. The Morgan fingerprint density at radius 1 is 1.42 bits per heavy atom. The summed E-state index contributed by atoms with van der Waals surface area (Å²) in [7, 11) is 0. The lowest BCUT2D eigenvalue weighted by Gasteiger charge is -2.42. The highest BCUT2D eigenvalue weighted by atomic mass is 16.6. The Morgan fingerprint density at radius 2 is 2.12 bits per heavy atom. The lowest BCUT2D eigenvalue weighted by atomic mass is 10.1. The molecule has 1 aliphatic rings. The van der Waals surface area contributed by atoms with E-state index in [-0.39, 0.29) is 18.0 Å². The molecule has 0 aromatic carbocycles. The number of hydrogen-bond acceptors (Lipinski definition) is 6. The number of ether oxygens (including phenoxy) is 1. The Labute approximate surface area is 141 Å². The van der Waals surface area contributed by atoms with Gasteiger partial charge in [-0.15, -0.1) is 0 Å². The van der Waals surface area contributed by atoms with Gasteiger partial charge >= 0.3 is 11.9 Å². The summed E-state index contributed by atoms with van der Waals surface area (Å²) in [5.74, 6) is -0.167. The predicted octanol–water partition coefficient (Wildman–Crippen LogP) is 2.83. The number of nitrogens with zero attached hydrogens (tertiary/aromatic N) is 4. The molecule has 0 saturated carbocycles. The van der Waals surface area contributed by atoms with E-state index in [0.29, 0.717) is 19.6 Å². The summed E-state index contributed by atoms with van der Waals surface area (Å²) in [5, 5.41) is 10.7. The van der Waals surface area contributed by atoms with Crippen LogP contribution in [-0.2, 0) is 4.74 Å². The summed E-state index contributed by atoms with van der Waals surface area (Å²) in [6.07, 6.45) is 2.06. The molecule has 0 bridgehead atoms. The molecule has 132 valence electrons. The van der Waals surface area contributed by atoms with Crippen molar-refractivity contribution < 1.29 is 14.5 Å². The van der Waals surface area contributed by atoms with Crippen LogP contribution >= 0.6 is 0 Å². The van der Waals surface area contributed by atoms with E-state index in [1.54, 1.807) is 11.0 Å². The van der Waals surface area contributed by atoms with Gasteiger partial charge in [0.05, 0.1) is 5.69 Å². The number of pyridine rings is 1. The summed E-state index contributed by atoms with van der Waals surface area (Å²) in [6, 6.07) is 3.23. The average Bonchev–Trinajstić information content (AvgIpc) is 2.52. The van der Waals surface area contributed by atoms with E-state index in [2.05, 4.69) is 16.8 Å². The van der Waals surface area contributed by atoms with Gasteiger partial charge in [0.2, 0.25) is 0 Å². The van der Waals surface area contributed by atoms with Gasteiger partial charge in [0, 0.05) is 31.7 Å². The van der Waals surface area contributed by atoms with Gasteiger partial charge in [-0.3, -0.25) is 0 Å². The molecule has 24 heavy (non-hydrogen) atoms. The molecule has 2 heterocycles. The summed E-state index contributed by atoms with van der Waals surface area (Å²) in [5.41, 5.74) is 0.314. The first-order valence-electron chi connectivity index (χ1n) is 8.06. The zero-order chi connectivity index (χ0) is 17.9. The highest BCUT2D eigenvalue weighted by Gasteiger charge is 2.31. The molecule has 1 aliphatic heterocycles. The number of hydrogen-bond donors (Lipinski definition) is 0. The van der Waals surface area contributed by atoms with E-state index in [1.165, 1.54) is 12.3 Å². The molecule has 1 amide bonds. The maximum Gasteiger partial charge on any atom is 0.410 e. The molecule has 0 radical (unpaired) electrons. The van der Waals surface area contributed by atoms with Gasteiger partial charge in [-0.1, -0.05) is 6.92 Å². The van der Waals surface area contributed by atoms with Crippen molar-refractivity contribution in [1.29, 1.82) is 0 Å². The fraction of sp³-hybridized carbons (Fsp3) is 0.625. The fourth-order valence-electron chi connectivity index (χ4n) is 2.69. The molecular weight excluding hydrogens is 312 g/mol. The number of amides is 1. The molecule has 1 fully saturated rings. The molecule has 0 aliphatic carbocycles. The Morgan fingerprint density at radius 3 is 2.62 bits per heavy atom. The molecule has 0 unspecified atom stereocenters. The van der Waals surface area contributed by atoms with Crippen LogP contribution in [0.2, 0.25) is 0 Å². The minimum absolute atomic E-state index is 0.120. The summed E-state index contributed by atoms with van der Waals surface area (Å²) in [4.78, 5) is 30.2. The van der Waals surface area contributed by atoms with Crippen LogP contribution in [0.4, 0.5) is 16.3 Å². The molecule has 1 atom stereocenters. The van der Waals surface area contributed by atoms with Crippen molar-refractivity contribution in [3.63, 3.8) is 0 Å². The van der Waals surface area contributed by atoms with Gasteiger partial charge in [0.1, 0.15) is 5.60 Å². The molecule has 0 N–H and O–H groups in total. The third-order valence-corrected chi connectivity index (χ3v) is 3.86. The molecule has 8 heteroatoms. The van der Waals surface area contributed by atoms with Crippen LogP contribution in [0.3, 0.4) is 0 Å². The number of piperazine rings is 1. The first-order valence-corrected chi connectivity index (χ1v) is 8.06. The van der Waals surface area contributed by atoms with E-state index in [0.717, 1.165) is 12.1 Å². The third kappa shape index (κ3) is 4.33. The predicted molar refractivity (Wildman–Crippen MR) is 90.1 cm³/mol. The average molecular weight is 336 g/mol. The number of carbonyl (C=O) groups is 1. The van der Waals surface area contributed by atoms with Crippen molar-refractivity contribution in [2.24, 2.45) is 0 Å². The Hall–Kier alpha value is -2.38. The van der Waals surface area contributed by atoms with Crippen LogP contribution in [0.5, 0.6) is 0 Å². The molecule has 1 aromatic rings. The minimum atomic E-state index is -0.516. The monoisotopic (exact) mass is 336 g/mol. The van der Waals surface area contributed by atoms with Crippen molar-refractivity contribution in [1.82, 2.24) is 9.88 Å². The Balaban J connectivity index is 2.07. The van der Waals surface area contributed by atoms with Crippen LogP contribution in [0.15, 0.2) is 18.3 Å². The van der Waals surface area contributed by atoms with Crippen molar-refractivity contribution in [3.05, 3.63) is 28.4 Å². The van der Waals surface area contributed by atoms with E-state index < -0.39 is 10.5 Å². The fourth-order valence-corrected chi connectivity index (χ4v) is 2.69. The highest BCUT2D eigenvalue weighted by molar-refractivity contribution is 5.69. The van der Waals surface area contributed by atoms with Crippen LogP contribution in [0, 0.1) is 10.1 Å². The van der Waals surface area contributed by atoms with Gasteiger partial charge in [-0.2, -0.15) is 0 Å². The number of nitro groups is 1. The number of carbonyl (C=O) groups excluding carboxylic acids is 1. The van der Waals surface area contributed by atoms with Gasteiger partial charge in [-0.05, 0) is 43.2 Å². The SMILES string of the molecule is CC[C@H]1CN(C(=O)OC(C)(C)C)CCN1c1ccc([N+](=O)[O-])nc1. The van der Waals surface area contributed by atoms with Crippen LogP contribution in [0.25, 0.3) is 0 Å². The highest BCUT2D eigenvalue weighted by Crippen LogP contribution is 2.24. The van der Waals surface area contributed by atoms with Gasteiger partial charge in [0.15, 0.2) is 6.20 Å². The zero-order valence-electron chi connectivity index (χ0n) is 14.6. The Bertz CT molecular complexity index is 597. The maximum absolute atomic E-state index is 12.2. The second-order valence-corrected chi connectivity index (χ2v) is 6.81. The van der Waals surface area contributed by atoms with E-state index >= 15 is 0 Å². The van der Waals surface area contributed by atoms with Crippen molar-refractivity contribution in [3.8, 4) is 0 Å². The first kappa shape index (κ1) is 18.0. The standard InChI is InChI=1S/C16H24N4O4/c1-5-12-11-18(15(21)24-16(2,3)4)8-9-19(12)13-6-7-14(17-10-13)20(22)23/h6-7,10,12H,5,8-9,11H2,1-4H3/t12-/m0/s1. The summed E-state index contributed by atoms with van der Waals surface area (Å²) >= 11 is 0. The maximum atomic E-state index is 12.2. The second kappa shape index (κ2) is 7.02. The summed E-state index contributed by atoms with van der Waals surface area (Å²) in [6.45, 7) is 9.33. The Kier molecular flexibility index (Phi) is 5.26. The van der Waals surface area contributed by atoms with Crippen LogP contribution < -0.4 is 4.90 Å². The van der Waals surface area contributed by atoms with Crippen LogP contribution in [0.1, 0.15) is 34.1 Å². The van der Waals surface area contributed by atoms with E-state index in [9.17, 15) is 14.9 Å². The molecule has 1 saturated heterocycles. The lowest BCUT2D eigenvalue weighted by Crippen LogP contribution is -2.55. The first-order chi connectivity index (χ1) is 11.2. The van der Waals surface area contributed by atoms with Crippen molar-refractivity contribution >= 4 is 17.6 Å². The number of rotatable bonds is 3. The lowest BCUT2D eigenvalue weighted by molar-refractivity contribution is -0.389. The normalized spacial score (nSPS) is 18.4. The second-order valence-electron chi connectivity index (χ2n) is 6.81.